The van der Waals surface area contributed by atoms with Crippen molar-refractivity contribution >= 4 is 40.1 Å². The first-order valence-electron chi connectivity index (χ1n) is 7.54. The number of ether oxygens (including phenoxy) is 1. The zero-order valence-electron chi connectivity index (χ0n) is 12.1. The molecule has 22 heavy (non-hydrogen) atoms. The van der Waals surface area contributed by atoms with Crippen molar-refractivity contribution in [1.82, 2.24) is 4.98 Å². The van der Waals surface area contributed by atoms with Crippen LogP contribution in [0.15, 0.2) is 24.4 Å². The third-order valence-electron chi connectivity index (χ3n) is 4.16. The van der Waals surface area contributed by atoms with Gasteiger partial charge in [-0.2, -0.15) is 0 Å². The summed E-state index contributed by atoms with van der Waals surface area (Å²) in [4.78, 5) is 16.5. The largest absolute Gasteiger partial charge is 0.460 e. The number of carbonyl (C=O) groups excluding carboxylic acids is 1. The Morgan fingerprint density at radius 1 is 1.23 bits per heavy atom. The molecule has 2 aromatic rings. The van der Waals surface area contributed by atoms with E-state index in [1.807, 2.05) is 12.1 Å². The van der Waals surface area contributed by atoms with Crippen molar-refractivity contribution < 1.29 is 9.53 Å². The Kier molecular flexibility index (Phi) is 4.84. The van der Waals surface area contributed by atoms with Crippen LogP contribution < -0.4 is 0 Å². The highest BCUT2D eigenvalue weighted by Crippen LogP contribution is 2.29. The SMILES string of the molecule is O=C(OCc1c(Cl)ccc2cc(Cl)cnc12)C1CCCCC1. The van der Waals surface area contributed by atoms with E-state index >= 15 is 0 Å². The van der Waals surface area contributed by atoms with E-state index in [4.69, 9.17) is 27.9 Å². The number of nitrogens with zero attached hydrogens (tertiary/aromatic N) is 1. The second kappa shape index (κ2) is 6.84. The smallest absolute Gasteiger partial charge is 0.309 e. The third-order valence-corrected chi connectivity index (χ3v) is 4.73. The summed E-state index contributed by atoms with van der Waals surface area (Å²) in [5.74, 6) is -0.0911. The Morgan fingerprint density at radius 3 is 2.77 bits per heavy atom. The number of esters is 1. The topological polar surface area (TPSA) is 39.2 Å². The molecule has 1 aliphatic carbocycles. The molecule has 1 heterocycles. The van der Waals surface area contributed by atoms with Gasteiger partial charge in [0.2, 0.25) is 0 Å². The molecule has 5 heteroatoms. The van der Waals surface area contributed by atoms with Gasteiger partial charge in [0.15, 0.2) is 0 Å². The maximum absolute atomic E-state index is 12.2. The van der Waals surface area contributed by atoms with E-state index in [-0.39, 0.29) is 18.5 Å². The van der Waals surface area contributed by atoms with Crippen LogP contribution in [-0.4, -0.2) is 11.0 Å². The van der Waals surface area contributed by atoms with Crippen LogP contribution in [0.4, 0.5) is 0 Å². The maximum atomic E-state index is 12.2. The van der Waals surface area contributed by atoms with Gasteiger partial charge in [0.25, 0.3) is 0 Å². The number of fused-ring (bicyclic) bond motifs is 1. The summed E-state index contributed by atoms with van der Waals surface area (Å²) < 4.78 is 5.49. The van der Waals surface area contributed by atoms with Crippen molar-refractivity contribution in [2.24, 2.45) is 5.92 Å². The highest BCUT2D eigenvalue weighted by Gasteiger charge is 2.23. The number of halogens is 2. The quantitative estimate of drug-likeness (QED) is 0.725. The lowest BCUT2D eigenvalue weighted by molar-refractivity contribution is -0.150. The standard InChI is InChI=1S/C17H17Cl2NO2/c18-13-8-12-6-7-15(19)14(16(12)20-9-13)10-22-17(21)11-4-2-1-3-5-11/h6-9,11H,1-5,10H2. The zero-order chi connectivity index (χ0) is 15.5. The van der Waals surface area contributed by atoms with Gasteiger partial charge in [-0.1, -0.05) is 48.5 Å². The van der Waals surface area contributed by atoms with Crippen molar-refractivity contribution in [3.8, 4) is 0 Å². The van der Waals surface area contributed by atoms with Crippen molar-refractivity contribution in [1.29, 1.82) is 0 Å². The van der Waals surface area contributed by atoms with Crippen LogP contribution in [0.5, 0.6) is 0 Å². The van der Waals surface area contributed by atoms with Crippen LogP contribution in [0.1, 0.15) is 37.7 Å². The van der Waals surface area contributed by atoms with Crippen LogP contribution in [0, 0.1) is 5.92 Å². The Labute approximate surface area is 139 Å². The summed E-state index contributed by atoms with van der Waals surface area (Å²) in [6.45, 7) is 0.153. The minimum atomic E-state index is -0.123. The number of hydrogen-bond donors (Lipinski definition) is 0. The minimum absolute atomic E-state index is 0.0323. The number of carbonyl (C=O) groups is 1. The molecule has 0 unspecified atom stereocenters. The molecule has 1 aliphatic rings. The van der Waals surface area contributed by atoms with E-state index < -0.39 is 0 Å². The molecule has 1 saturated carbocycles. The molecule has 1 fully saturated rings. The predicted octanol–water partition coefficient (Wildman–Crippen LogP) is 5.17. The van der Waals surface area contributed by atoms with Gasteiger partial charge in [0, 0.05) is 22.2 Å². The molecule has 1 aromatic carbocycles. The van der Waals surface area contributed by atoms with Crippen molar-refractivity contribution in [2.75, 3.05) is 0 Å². The van der Waals surface area contributed by atoms with Gasteiger partial charge in [-0.15, -0.1) is 0 Å². The molecule has 0 spiro atoms. The molecule has 0 atom stereocenters. The summed E-state index contributed by atoms with van der Waals surface area (Å²) >= 11 is 12.2. The number of pyridine rings is 1. The number of benzene rings is 1. The van der Waals surface area contributed by atoms with Crippen LogP contribution in [0.2, 0.25) is 10.0 Å². The van der Waals surface area contributed by atoms with Crippen LogP contribution in [0.3, 0.4) is 0 Å². The Bertz CT molecular complexity index is 696. The molecule has 0 aliphatic heterocycles. The van der Waals surface area contributed by atoms with Crippen LogP contribution >= 0.6 is 23.2 Å². The maximum Gasteiger partial charge on any atom is 0.309 e. The molecular formula is C17H17Cl2NO2. The second-order valence-electron chi connectivity index (χ2n) is 5.69. The first kappa shape index (κ1) is 15.6. The Balaban J connectivity index is 1.78. The van der Waals surface area contributed by atoms with E-state index in [1.54, 1.807) is 12.3 Å². The fourth-order valence-corrected chi connectivity index (χ4v) is 3.32. The van der Waals surface area contributed by atoms with Crippen molar-refractivity contribution in [3.05, 3.63) is 40.0 Å². The molecule has 0 N–H and O–H groups in total. The lowest BCUT2D eigenvalue weighted by Gasteiger charge is -2.20. The van der Waals surface area contributed by atoms with Crippen molar-refractivity contribution in [2.45, 2.75) is 38.7 Å². The summed E-state index contributed by atoms with van der Waals surface area (Å²) in [7, 11) is 0. The molecule has 3 rings (SSSR count). The highest BCUT2D eigenvalue weighted by atomic mass is 35.5. The third kappa shape index (κ3) is 3.36. The normalized spacial score (nSPS) is 15.9. The zero-order valence-corrected chi connectivity index (χ0v) is 13.7. The molecule has 116 valence electrons. The summed E-state index contributed by atoms with van der Waals surface area (Å²) in [6, 6.07) is 5.47. The predicted molar refractivity (Wildman–Crippen MR) is 88.1 cm³/mol. The van der Waals surface area contributed by atoms with Gasteiger partial charge >= 0.3 is 5.97 Å². The number of hydrogen-bond acceptors (Lipinski definition) is 3. The monoisotopic (exact) mass is 337 g/mol. The van der Waals surface area contributed by atoms with Gasteiger partial charge in [-0.05, 0) is 25.0 Å². The lowest BCUT2D eigenvalue weighted by atomic mass is 9.89. The molecule has 0 bridgehead atoms. The highest BCUT2D eigenvalue weighted by molar-refractivity contribution is 6.33. The fraction of sp³-hybridized carbons (Fsp3) is 0.412. The molecule has 3 nitrogen and oxygen atoms in total. The van der Waals surface area contributed by atoms with Crippen LogP contribution in [-0.2, 0) is 16.1 Å². The lowest BCUT2D eigenvalue weighted by Crippen LogP contribution is -2.20. The van der Waals surface area contributed by atoms with Gasteiger partial charge in [-0.3, -0.25) is 9.78 Å². The summed E-state index contributed by atoms with van der Waals surface area (Å²) in [6.07, 6.45) is 6.85. The van der Waals surface area contributed by atoms with Gasteiger partial charge in [-0.25, -0.2) is 0 Å². The number of rotatable bonds is 3. The molecule has 0 radical (unpaired) electrons. The van der Waals surface area contributed by atoms with Gasteiger partial charge < -0.3 is 4.74 Å². The average molecular weight is 338 g/mol. The first-order valence-corrected chi connectivity index (χ1v) is 8.30. The average Bonchev–Trinajstić information content (AvgIpc) is 2.54. The Hall–Kier alpha value is -1.32. The van der Waals surface area contributed by atoms with Crippen molar-refractivity contribution in [3.63, 3.8) is 0 Å². The van der Waals surface area contributed by atoms with E-state index in [0.29, 0.717) is 10.0 Å². The fourth-order valence-electron chi connectivity index (χ4n) is 2.95. The minimum Gasteiger partial charge on any atom is -0.460 e. The van der Waals surface area contributed by atoms with E-state index in [9.17, 15) is 4.79 Å². The summed E-state index contributed by atoms with van der Waals surface area (Å²) in [5.41, 5.74) is 1.47. The first-order chi connectivity index (χ1) is 10.6. The van der Waals surface area contributed by atoms with E-state index in [2.05, 4.69) is 4.98 Å². The van der Waals surface area contributed by atoms with Crippen LogP contribution in [0.25, 0.3) is 10.9 Å². The number of aromatic nitrogens is 1. The van der Waals surface area contributed by atoms with E-state index in [1.165, 1.54) is 6.42 Å². The Morgan fingerprint density at radius 2 is 2.00 bits per heavy atom. The van der Waals surface area contributed by atoms with Gasteiger partial charge in [0.05, 0.1) is 16.5 Å². The van der Waals surface area contributed by atoms with Gasteiger partial charge in [0.1, 0.15) is 6.61 Å². The molecule has 0 amide bonds. The molecule has 0 saturated heterocycles. The summed E-state index contributed by atoms with van der Waals surface area (Å²) in [5, 5.41) is 2.01. The molecule has 1 aromatic heterocycles. The van der Waals surface area contributed by atoms with E-state index in [0.717, 1.165) is 42.1 Å². The second-order valence-corrected chi connectivity index (χ2v) is 6.54. The molecular weight excluding hydrogens is 321 g/mol.